The Morgan fingerprint density at radius 2 is 1.11 bits per heavy atom. The van der Waals surface area contributed by atoms with Gasteiger partial charge in [-0.25, -0.2) is 0 Å². The Bertz CT molecular complexity index is 2570. The van der Waals surface area contributed by atoms with E-state index in [1.165, 1.54) is 30.4 Å². The summed E-state index contributed by atoms with van der Waals surface area (Å²) in [6.45, 7) is 26.6. The molecule has 5 heteroatoms. The second-order valence-electron chi connectivity index (χ2n) is 22.9. The molecule has 63 heavy (non-hydrogen) atoms. The van der Waals surface area contributed by atoms with Crippen molar-refractivity contribution >= 4 is 61.5 Å². The number of carbonyl (C=O) groups excluding carboxylic acids is 2. The number of hydrogen-bond donors (Lipinski definition) is 0. The molecule has 0 atom stereocenters. The third kappa shape index (κ3) is 8.83. The van der Waals surface area contributed by atoms with Gasteiger partial charge < -0.3 is 9.47 Å². The van der Waals surface area contributed by atoms with Crippen LogP contribution in [0.5, 0.6) is 0 Å². The van der Waals surface area contributed by atoms with Crippen molar-refractivity contribution in [1.29, 1.82) is 0 Å². The molecule has 0 N–H and O–H groups in total. The van der Waals surface area contributed by atoms with Crippen molar-refractivity contribution in [2.45, 2.75) is 170 Å². The molecule has 1 aliphatic carbocycles. The fourth-order valence-corrected chi connectivity index (χ4v) is 11.9. The Balaban J connectivity index is 1.31. The maximum absolute atomic E-state index is 14.6. The minimum Gasteiger partial charge on any atom is -0.340 e. The van der Waals surface area contributed by atoms with Crippen LogP contribution in [-0.2, 0) is 17.4 Å². The minimum atomic E-state index is -0.133. The number of anilines is 3. The highest BCUT2D eigenvalue weighted by Crippen LogP contribution is 2.46. The van der Waals surface area contributed by atoms with Gasteiger partial charge in [0.05, 0.1) is 16.6 Å². The first kappa shape index (κ1) is 44.7. The second kappa shape index (κ2) is 16.9. The van der Waals surface area contributed by atoms with E-state index in [9.17, 15) is 9.59 Å². The van der Waals surface area contributed by atoms with E-state index in [1.807, 2.05) is 12.1 Å². The van der Waals surface area contributed by atoms with Crippen LogP contribution in [0, 0.1) is 10.8 Å². The summed E-state index contributed by atoms with van der Waals surface area (Å²) in [4.78, 5) is 33.0. The Morgan fingerprint density at radius 3 is 1.67 bits per heavy atom. The molecule has 0 unspecified atom stereocenters. The van der Waals surface area contributed by atoms with Crippen LogP contribution in [0.4, 0.5) is 17.1 Å². The van der Waals surface area contributed by atoms with E-state index in [1.54, 1.807) is 4.90 Å². The van der Waals surface area contributed by atoms with E-state index >= 15 is 0 Å². The Labute approximate surface area is 378 Å². The van der Waals surface area contributed by atoms with Crippen LogP contribution in [0.25, 0.3) is 32.6 Å². The van der Waals surface area contributed by atoms with Crippen LogP contribution < -0.4 is 4.90 Å². The Hall–Kier alpha value is -4.90. The summed E-state index contributed by atoms with van der Waals surface area (Å²) in [6.07, 6.45) is 11.8. The molecular formula is C58H73N3O2. The SMILES string of the molecule is CCCCCCn1c2cc(N(c3ccc(C(C)(C)CC(C)(C)C)cc3)c3ccc(C(C)(C)CC(C)(C)C)cc3)ccc2c2c3cccc4c3c(cc21)C(=O)N(C1CCCCC1)C4=O. The van der Waals surface area contributed by atoms with Gasteiger partial charge in [0.15, 0.2) is 0 Å². The summed E-state index contributed by atoms with van der Waals surface area (Å²) in [5.41, 5.74) is 10.1. The third-order valence-corrected chi connectivity index (χ3v) is 14.1. The van der Waals surface area contributed by atoms with Crippen molar-refractivity contribution < 1.29 is 9.59 Å². The van der Waals surface area contributed by atoms with Crippen LogP contribution >= 0.6 is 0 Å². The molecule has 0 spiro atoms. The minimum absolute atomic E-state index is 0.0297. The molecule has 1 aliphatic heterocycles. The highest BCUT2D eigenvalue weighted by molar-refractivity contribution is 6.32. The van der Waals surface area contributed by atoms with Gasteiger partial charge in [-0.15, -0.1) is 0 Å². The van der Waals surface area contributed by atoms with Gasteiger partial charge in [-0.2, -0.15) is 0 Å². The van der Waals surface area contributed by atoms with Crippen molar-refractivity contribution in [3.8, 4) is 0 Å². The van der Waals surface area contributed by atoms with Gasteiger partial charge >= 0.3 is 0 Å². The number of rotatable bonds is 13. The lowest BCUT2D eigenvalue weighted by atomic mass is 9.72. The lowest BCUT2D eigenvalue weighted by Gasteiger charge is -2.36. The van der Waals surface area contributed by atoms with E-state index < -0.39 is 0 Å². The van der Waals surface area contributed by atoms with Crippen molar-refractivity contribution in [2.24, 2.45) is 10.8 Å². The largest absolute Gasteiger partial charge is 0.340 e. The average Bonchev–Trinajstić information content (AvgIpc) is 3.53. The molecule has 5 aromatic carbocycles. The van der Waals surface area contributed by atoms with E-state index in [0.29, 0.717) is 11.1 Å². The van der Waals surface area contributed by atoms with E-state index in [0.717, 1.165) is 108 Å². The predicted octanol–water partition coefficient (Wildman–Crippen LogP) is 16.4. The molecule has 2 amide bonds. The van der Waals surface area contributed by atoms with Gasteiger partial charge in [-0.05, 0) is 119 Å². The normalized spacial score (nSPS) is 15.6. The number of imide groups is 1. The van der Waals surface area contributed by atoms with Crippen molar-refractivity contribution in [2.75, 3.05) is 4.90 Å². The first-order valence-electron chi connectivity index (χ1n) is 24.2. The summed E-state index contributed by atoms with van der Waals surface area (Å²) < 4.78 is 2.48. The number of unbranched alkanes of at least 4 members (excludes halogenated alkanes) is 3. The zero-order chi connectivity index (χ0) is 45.1. The Kier molecular flexibility index (Phi) is 12.0. The number of benzene rings is 5. The maximum atomic E-state index is 14.6. The van der Waals surface area contributed by atoms with Crippen LogP contribution in [0.2, 0.25) is 0 Å². The molecule has 6 aromatic rings. The molecule has 0 saturated heterocycles. The average molecular weight is 844 g/mol. The van der Waals surface area contributed by atoms with Gasteiger partial charge in [0, 0.05) is 51.4 Å². The fourth-order valence-electron chi connectivity index (χ4n) is 11.9. The fraction of sp³-hybridized carbons (Fsp3) is 0.483. The van der Waals surface area contributed by atoms with Gasteiger partial charge in [0.2, 0.25) is 0 Å². The maximum Gasteiger partial charge on any atom is 0.261 e. The summed E-state index contributed by atoms with van der Waals surface area (Å²) >= 11 is 0. The van der Waals surface area contributed by atoms with Gasteiger partial charge in [0.25, 0.3) is 11.8 Å². The zero-order valence-electron chi connectivity index (χ0n) is 40.4. The topological polar surface area (TPSA) is 45.6 Å². The van der Waals surface area contributed by atoms with Crippen molar-refractivity contribution in [3.63, 3.8) is 0 Å². The number of aromatic nitrogens is 1. The number of amides is 2. The standard InChI is InChI=1S/C58H73N3O2/c1-12-13-14-18-34-59-49-35-44(32-33-45(49)52-46-22-19-23-47-51(46)48(36-50(52)59)54(63)61(53(47)62)41-20-16-15-17-21-41)60(42-28-24-39(25-29-42)57(8,9)37-55(2,3)4)43-30-26-40(27-31-43)58(10,11)38-56(5,6)7/h19,22-33,35-36,41H,12-18,20-21,34,37-38H2,1-11H3. The third-order valence-electron chi connectivity index (χ3n) is 14.1. The molecule has 8 rings (SSSR count). The summed E-state index contributed by atoms with van der Waals surface area (Å²) in [7, 11) is 0. The first-order chi connectivity index (χ1) is 29.8. The second-order valence-corrected chi connectivity index (χ2v) is 22.9. The molecule has 1 fully saturated rings. The zero-order valence-corrected chi connectivity index (χ0v) is 40.4. The monoisotopic (exact) mass is 844 g/mol. The molecule has 5 nitrogen and oxygen atoms in total. The van der Waals surface area contributed by atoms with Gasteiger partial charge in [-0.3, -0.25) is 14.5 Å². The van der Waals surface area contributed by atoms with Crippen LogP contribution in [0.15, 0.2) is 91.0 Å². The number of nitrogens with zero attached hydrogens (tertiary/aromatic N) is 3. The molecule has 0 bridgehead atoms. The number of hydrogen-bond acceptors (Lipinski definition) is 3. The number of fused-ring (bicyclic) bond motifs is 4. The number of aryl methyl sites for hydroxylation is 1. The first-order valence-corrected chi connectivity index (χ1v) is 24.2. The summed E-state index contributed by atoms with van der Waals surface area (Å²) in [6, 6.07) is 33.7. The van der Waals surface area contributed by atoms with Crippen molar-refractivity contribution in [3.05, 3.63) is 113 Å². The molecular weight excluding hydrogens is 771 g/mol. The molecule has 2 heterocycles. The highest BCUT2D eigenvalue weighted by Gasteiger charge is 2.39. The smallest absolute Gasteiger partial charge is 0.261 e. The lowest BCUT2D eigenvalue weighted by Crippen LogP contribution is -2.47. The van der Waals surface area contributed by atoms with Crippen LogP contribution in [0.3, 0.4) is 0 Å². The molecule has 1 aromatic heterocycles. The van der Waals surface area contributed by atoms with Crippen LogP contribution in [0.1, 0.15) is 179 Å². The summed E-state index contributed by atoms with van der Waals surface area (Å²) in [5, 5.41) is 4.09. The van der Waals surface area contributed by atoms with Crippen molar-refractivity contribution in [1.82, 2.24) is 9.47 Å². The predicted molar refractivity (Wildman–Crippen MR) is 267 cm³/mol. The molecule has 2 aliphatic rings. The molecule has 0 radical (unpaired) electrons. The quantitative estimate of drug-likeness (QED) is 0.0859. The van der Waals surface area contributed by atoms with Crippen LogP contribution in [-0.4, -0.2) is 27.3 Å². The number of carbonyl (C=O) groups is 2. The van der Waals surface area contributed by atoms with Gasteiger partial charge in [0.1, 0.15) is 0 Å². The van der Waals surface area contributed by atoms with E-state index in [-0.39, 0.29) is 39.5 Å². The van der Waals surface area contributed by atoms with E-state index in [4.69, 9.17) is 0 Å². The lowest BCUT2D eigenvalue weighted by molar-refractivity contribution is 0.0503. The summed E-state index contributed by atoms with van der Waals surface area (Å²) in [5.74, 6) is -0.262. The highest BCUT2D eigenvalue weighted by atomic mass is 16.2. The molecule has 332 valence electrons. The van der Waals surface area contributed by atoms with Gasteiger partial charge in [-0.1, -0.05) is 157 Å². The van der Waals surface area contributed by atoms with E-state index in [2.05, 4.69) is 164 Å². The Morgan fingerprint density at radius 1 is 0.556 bits per heavy atom. The molecule has 1 saturated carbocycles.